The van der Waals surface area contributed by atoms with Gasteiger partial charge < -0.3 is 41.9 Å². The number of phenolic OH excluding ortho intramolecular Hbond substituents is 2. The molecule has 8 aromatic rings. The molecule has 0 saturated heterocycles. The van der Waals surface area contributed by atoms with Crippen LogP contribution in [0.1, 0.15) is 0 Å². The smallest absolute Gasteiger partial charge is 0.691 e. The number of anilines is 4. The Labute approximate surface area is 621 Å². The maximum absolute atomic E-state index is 12.5. The van der Waals surface area contributed by atoms with Gasteiger partial charge in [-0.25, -0.2) is 16.8 Å². The van der Waals surface area contributed by atoms with Crippen LogP contribution in [0.25, 0.3) is 21.5 Å². The maximum atomic E-state index is 12.5. The van der Waals surface area contributed by atoms with Gasteiger partial charge >= 0.3 is 118 Å². The molecule has 0 aliphatic heterocycles. The zero-order chi connectivity index (χ0) is 60.2. The van der Waals surface area contributed by atoms with Crippen molar-refractivity contribution in [2.45, 2.75) is 19.6 Å². The van der Waals surface area contributed by atoms with E-state index in [0.717, 1.165) is 0 Å². The summed E-state index contributed by atoms with van der Waals surface area (Å²) in [5.41, 5.74) is 1.28. The second-order valence-corrected chi connectivity index (χ2v) is 23.2. The predicted molar refractivity (Wildman–Crippen MR) is 290 cm³/mol. The zero-order valence-corrected chi connectivity index (χ0v) is 60.7. The summed E-state index contributed by atoms with van der Waals surface area (Å²) in [6, 6.07) is 23.6. The quantitative estimate of drug-likeness (QED) is 0.00907. The Morgan fingerprint density at radius 2 is 0.852 bits per heavy atom. The van der Waals surface area contributed by atoms with Crippen LogP contribution in [0.3, 0.4) is 0 Å². The van der Waals surface area contributed by atoms with Crippen molar-refractivity contribution in [1.82, 2.24) is 29.9 Å². The number of benzene rings is 6. The van der Waals surface area contributed by atoms with Gasteiger partial charge in [-0.15, -0.1) is 18.9 Å². The standard InChI is InChI=1S/2C21H16Cl2N6O10S3.4Na/c22-19-25-20(23)27-21(26-19)24-13-3-6-15-11(9-13)10-16(40-38-36-31)17(18(15)30)29-28-12-1-4-14(5-2-12)42(33,34)8-7-35-41-39-37-32;22-19-25-20(23)27-21(26-19)24-13-2-1-11-9-16(40-38-36-31)17(18(30)15(11)10-13)29-28-12-3-5-14(6-4-12)42(33,34)8-7-35-41-39-37-32;;;;/h2*1-6,9-10,30-32H,7-8H2,(H,24,25,26,27);;;;/q;;4*+1/p-4. The summed E-state index contributed by atoms with van der Waals surface area (Å²) in [7, 11) is -7.46. The largest absolute Gasteiger partial charge is 1.00 e. The number of sulfone groups is 2. The first-order valence-corrected chi connectivity index (χ1v) is 29.6. The minimum Gasteiger partial charge on any atom is -0.691 e. The van der Waals surface area contributed by atoms with Crippen LogP contribution >= 0.6 is 95.1 Å². The van der Waals surface area contributed by atoms with E-state index in [9.17, 15) is 48.1 Å². The third kappa shape index (κ3) is 24.5. The number of hydrogen-bond acceptors (Lipinski definition) is 36. The number of aromatic hydroxyl groups is 2. The van der Waals surface area contributed by atoms with E-state index in [4.69, 9.17) is 54.8 Å². The molecule has 0 saturated carbocycles. The number of nitrogens with zero attached hydrogens (tertiary/aromatic N) is 10. The Hall–Kier alpha value is -1.84. The summed E-state index contributed by atoms with van der Waals surface area (Å²) in [4.78, 5) is 23.4. The third-order valence-corrected chi connectivity index (χ3v) is 16.1. The van der Waals surface area contributed by atoms with Crippen molar-refractivity contribution in [2.75, 3.05) is 35.4 Å². The van der Waals surface area contributed by atoms with Crippen LogP contribution in [-0.2, 0) is 65.5 Å². The zero-order valence-electron chi connectivity index (χ0n) is 44.7. The molecule has 0 bridgehead atoms. The normalized spacial score (nSPS) is 11.4. The van der Waals surface area contributed by atoms with E-state index in [-0.39, 0.29) is 243 Å². The Morgan fingerprint density at radius 3 is 1.27 bits per heavy atom. The van der Waals surface area contributed by atoms with Gasteiger partial charge in [0.15, 0.2) is 55.8 Å². The summed E-state index contributed by atoms with van der Waals surface area (Å²) in [5.74, 6) is -1.28. The van der Waals surface area contributed by atoms with Crippen molar-refractivity contribution >= 4 is 182 Å². The van der Waals surface area contributed by atoms with E-state index < -0.39 is 31.2 Å². The number of phenols is 2. The second-order valence-electron chi connectivity index (χ2n) is 15.2. The van der Waals surface area contributed by atoms with Gasteiger partial charge in [-0.05, 0) is 148 Å². The fourth-order valence-electron chi connectivity index (χ4n) is 6.60. The van der Waals surface area contributed by atoms with Crippen molar-refractivity contribution in [3.05, 3.63) is 118 Å². The SMILES string of the molecule is O=S(=O)(CCOSOO[O-])c1ccc(N=Nc2c(SOO[O-])cc3cc(Nc4nc(Cl)nc(Cl)n4)ccc3c2O)cc1.O=S(=O)(CCOSOO[O-])c1ccc(N=Nc2c(SOO[O-])cc3ccc(Nc4nc(Cl)nc(Cl)n4)cc3c2O)cc1.[Na+].[Na+].[Na+].[Na+]. The van der Waals surface area contributed by atoms with Crippen LogP contribution in [0.5, 0.6) is 11.5 Å². The van der Waals surface area contributed by atoms with Crippen LogP contribution in [0.2, 0.25) is 21.1 Å². The van der Waals surface area contributed by atoms with Crippen molar-refractivity contribution in [3.63, 3.8) is 0 Å². The summed E-state index contributed by atoms with van der Waals surface area (Å²) in [6.07, 6.45) is 0. The molecule has 46 heteroatoms. The van der Waals surface area contributed by atoms with E-state index in [2.05, 4.69) is 98.5 Å². The fraction of sp³-hybridized carbons (Fsp3) is 0.0952. The number of hydrogen-bond donors (Lipinski definition) is 4. The molecule has 0 fully saturated rings. The Balaban J connectivity index is 0.000000440. The molecule has 444 valence electrons. The van der Waals surface area contributed by atoms with Crippen LogP contribution in [-0.4, -0.2) is 81.7 Å². The van der Waals surface area contributed by atoms with Gasteiger partial charge in [0.05, 0.1) is 79.8 Å². The van der Waals surface area contributed by atoms with Gasteiger partial charge in [-0.2, -0.15) is 48.8 Å². The Kier molecular flexibility index (Phi) is 36.9. The summed E-state index contributed by atoms with van der Waals surface area (Å²) in [6.45, 7) is -0.546. The van der Waals surface area contributed by atoms with E-state index in [1.54, 1.807) is 48.5 Å². The predicted octanol–water partition coefficient (Wildman–Crippen LogP) is -3.98. The molecule has 6 aromatic carbocycles. The Bertz CT molecular complexity index is 3850. The van der Waals surface area contributed by atoms with E-state index >= 15 is 0 Å². The van der Waals surface area contributed by atoms with Crippen molar-refractivity contribution in [1.29, 1.82) is 0 Å². The van der Waals surface area contributed by atoms with Crippen molar-refractivity contribution in [3.8, 4) is 11.5 Å². The minimum absolute atomic E-state index is 0. The molecular formula is C42H28Cl4N12Na4O20S6. The molecule has 4 N–H and O–H groups in total. The van der Waals surface area contributed by atoms with Gasteiger partial charge in [0, 0.05) is 22.1 Å². The third-order valence-electron chi connectivity index (χ3n) is 10.1. The monoisotopic (exact) mass is 1440 g/mol. The van der Waals surface area contributed by atoms with E-state index in [1.165, 1.54) is 48.5 Å². The average Bonchev–Trinajstić information content (AvgIpc) is 2.33. The maximum Gasteiger partial charge on any atom is 1.00 e. The molecular weight excluding hydrogens is 1420 g/mol. The van der Waals surface area contributed by atoms with Gasteiger partial charge in [0.25, 0.3) is 0 Å². The van der Waals surface area contributed by atoms with Crippen LogP contribution in [0.4, 0.5) is 46.0 Å². The molecule has 0 amide bonds. The number of nitrogens with one attached hydrogen (secondary N) is 2. The molecule has 8 rings (SSSR count). The summed E-state index contributed by atoms with van der Waals surface area (Å²) in [5, 5.41) is 98.8. The van der Waals surface area contributed by atoms with Gasteiger partial charge in [0.1, 0.15) is 11.4 Å². The summed E-state index contributed by atoms with van der Waals surface area (Å²) < 4.78 is 75.9. The fourth-order valence-corrected chi connectivity index (χ4v) is 11.1. The van der Waals surface area contributed by atoms with Crippen molar-refractivity contribution < 1.29 is 212 Å². The number of rotatable bonds is 28. The number of halogens is 4. The van der Waals surface area contributed by atoms with Gasteiger partial charge in [-0.3, -0.25) is 28.5 Å². The molecule has 2 heterocycles. The number of azo groups is 2. The Morgan fingerprint density at radius 1 is 0.466 bits per heavy atom. The molecule has 0 aliphatic rings. The first-order chi connectivity index (χ1) is 40.4. The first kappa shape index (κ1) is 80.4. The average molecular weight is 1450 g/mol. The minimum atomic E-state index is -3.73. The van der Waals surface area contributed by atoms with E-state index in [1.807, 2.05) is 0 Å². The molecule has 0 atom stereocenters. The molecule has 0 spiro atoms. The number of aromatic nitrogens is 6. The van der Waals surface area contributed by atoms with Crippen LogP contribution < -0.4 is 150 Å². The number of fused-ring (bicyclic) bond motifs is 2. The molecule has 2 aromatic heterocycles. The van der Waals surface area contributed by atoms with Gasteiger partial charge in [0.2, 0.25) is 33.0 Å². The van der Waals surface area contributed by atoms with Crippen molar-refractivity contribution in [2.24, 2.45) is 20.5 Å². The van der Waals surface area contributed by atoms with Crippen LogP contribution in [0, 0.1) is 0 Å². The first-order valence-electron chi connectivity index (χ1n) is 21.9. The molecule has 0 radical (unpaired) electrons. The topological polar surface area (TPSA) is 444 Å². The summed E-state index contributed by atoms with van der Waals surface area (Å²) >= 11 is 24.6. The van der Waals surface area contributed by atoms with Gasteiger partial charge in [-0.1, -0.05) is 6.07 Å². The second kappa shape index (κ2) is 40.4. The van der Waals surface area contributed by atoms with Crippen LogP contribution in [0.15, 0.2) is 137 Å². The van der Waals surface area contributed by atoms with E-state index in [0.29, 0.717) is 57.0 Å². The molecule has 88 heavy (non-hydrogen) atoms. The molecule has 32 nitrogen and oxygen atoms in total. The molecule has 0 aliphatic carbocycles. The molecule has 0 unspecified atom stereocenters.